The van der Waals surface area contributed by atoms with Gasteiger partial charge in [-0.3, -0.25) is 0 Å². The van der Waals surface area contributed by atoms with Crippen molar-refractivity contribution < 1.29 is 5.11 Å². The van der Waals surface area contributed by atoms with Gasteiger partial charge in [0, 0.05) is 11.8 Å². The van der Waals surface area contributed by atoms with Crippen molar-refractivity contribution in [3.63, 3.8) is 0 Å². The Morgan fingerprint density at radius 1 is 1.30 bits per heavy atom. The standard InChI is InChI=1S/C17H27NOS/c1-14(2)10-11-20-13-17(12-19,18-16-8-9-16)15-6-4-3-5-7-15/h3-7,14,16,18-19H,8-13H2,1-2H3. The summed E-state index contributed by atoms with van der Waals surface area (Å²) in [4.78, 5) is 0. The zero-order valence-corrected chi connectivity index (χ0v) is 13.5. The minimum atomic E-state index is -0.274. The Labute approximate surface area is 127 Å². The van der Waals surface area contributed by atoms with E-state index in [-0.39, 0.29) is 12.1 Å². The number of benzene rings is 1. The second kappa shape index (κ2) is 7.48. The van der Waals surface area contributed by atoms with E-state index in [1.807, 2.05) is 17.8 Å². The minimum Gasteiger partial charge on any atom is -0.394 e. The van der Waals surface area contributed by atoms with E-state index in [1.165, 1.54) is 30.6 Å². The van der Waals surface area contributed by atoms with Crippen LogP contribution >= 0.6 is 11.8 Å². The van der Waals surface area contributed by atoms with Crippen LogP contribution in [0, 0.1) is 5.92 Å². The molecule has 1 aliphatic rings. The normalized spacial score (nSPS) is 18.2. The average Bonchev–Trinajstić information content (AvgIpc) is 3.27. The third-order valence-electron chi connectivity index (χ3n) is 3.84. The molecule has 0 spiro atoms. The molecule has 1 saturated carbocycles. The molecule has 0 radical (unpaired) electrons. The topological polar surface area (TPSA) is 32.3 Å². The van der Waals surface area contributed by atoms with Gasteiger partial charge in [-0.25, -0.2) is 0 Å². The molecule has 1 aromatic carbocycles. The van der Waals surface area contributed by atoms with Crippen LogP contribution in [0.3, 0.4) is 0 Å². The van der Waals surface area contributed by atoms with Gasteiger partial charge in [0.1, 0.15) is 0 Å². The predicted octanol–water partition coefficient (Wildman–Crippen LogP) is 3.41. The van der Waals surface area contributed by atoms with Crippen LogP contribution in [0.25, 0.3) is 0 Å². The van der Waals surface area contributed by atoms with Gasteiger partial charge in [0.25, 0.3) is 0 Å². The van der Waals surface area contributed by atoms with E-state index in [0.717, 1.165) is 11.7 Å². The second-order valence-electron chi connectivity index (χ2n) is 6.26. The Kier molecular flexibility index (Phi) is 5.94. The summed E-state index contributed by atoms with van der Waals surface area (Å²) < 4.78 is 0. The SMILES string of the molecule is CC(C)CCSCC(CO)(NC1CC1)c1ccccc1. The Bertz CT molecular complexity index is 391. The van der Waals surface area contributed by atoms with Crippen LogP contribution in [0.1, 0.15) is 38.7 Å². The number of nitrogens with one attached hydrogen (secondary N) is 1. The fourth-order valence-corrected chi connectivity index (χ4v) is 3.80. The van der Waals surface area contributed by atoms with Gasteiger partial charge in [-0.15, -0.1) is 0 Å². The summed E-state index contributed by atoms with van der Waals surface area (Å²) >= 11 is 1.96. The number of hydrogen-bond donors (Lipinski definition) is 2. The highest BCUT2D eigenvalue weighted by atomic mass is 32.2. The maximum Gasteiger partial charge on any atom is 0.0762 e. The molecular weight excluding hydrogens is 266 g/mol. The molecule has 2 nitrogen and oxygen atoms in total. The lowest BCUT2D eigenvalue weighted by molar-refractivity contribution is 0.177. The van der Waals surface area contributed by atoms with Crippen molar-refractivity contribution in [3.8, 4) is 0 Å². The molecule has 1 aromatic rings. The molecule has 1 atom stereocenters. The molecule has 0 bridgehead atoms. The van der Waals surface area contributed by atoms with Crippen LogP contribution in [0.5, 0.6) is 0 Å². The molecule has 0 heterocycles. The van der Waals surface area contributed by atoms with Gasteiger partial charge in [0.2, 0.25) is 0 Å². The van der Waals surface area contributed by atoms with Crippen molar-refractivity contribution in [1.29, 1.82) is 0 Å². The first-order chi connectivity index (χ1) is 9.66. The number of aliphatic hydroxyl groups excluding tert-OH is 1. The Balaban J connectivity index is 2.02. The van der Waals surface area contributed by atoms with E-state index in [2.05, 4.69) is 43.4 Å². The number of rotatable bonds is 9. The smallest absolute Gasteiger partial charge is 0.0762 e. The van der Waals surface area contributed by atoms with Crippen LogP contribution in [-0.2, 0) is 5.54 Å². The summed E-state index contributed by atoms with van der Waals surface area (Å²) in [6, 6.07) is 11.0. The van der Waals surface area contributed by atoms with Gasteiger partial charge in [-0.2, -0.15) is 11.8 Å². The summed E-state index contributed by atoms with van der Waals surface area (Å²) in [5, 5.41) is 13.7. The number of aliphatic hydroxyl groups is 1. The van der Waals surface area contributed by atoms with Crippen molar-refractivity contribution in [2.75, 3.05) is 18.1 Å². The van der Waals surface area contributed by atoms with Gasteiger partial charge in [-0.1, -0.05) is 44.2 Å². The molecule has 3 heteroatoms. The van der Waals surface area contributed by atoms with Crippen LogP contribution in [0.2, 0.25) is 0 Å². The molecule has 0 aromatic heterocycles. The van der Waals surface area contributed by atoms with Gasteiger partial charge < -0.3 is 10.4 Å². The Morgan fingerprint density at radius 2 is 2.00 bits per heavy atom. The lowest BCUT2D eigenvalue weighted by atomic mass is 9.92. The summed E-state index contributed by atoms with van der Waals surface area (Å²) in [7, 11) is 0. The van der Waals surface area contributed by atoms with Crippen molar-refractivity contribution in [1.82, 2.24) is 5.32 Å². The Morgan fingerprint density at radius 3 is 2.55 bits per heavy atom. The summed E-state index contributed by atoms with van der Waals surface area (Å²) in [5.41, 5.74) is 0.941. The molecule has 112 valence electrons. The third-order valence-corrected chi connectivity index (χ3v) is 5.06. The quantitative estimate of drug-likeness (QED) is 0.684. The van der Waals surface area contributed by atoms with Crippen LogP contribution < -0.4 is 5.32 Å². The fraction of sp³-hybridized carbons (Fsp3) is 0.647. The van der Waals surface area contributed by atoms with Gasteiger partial charge in [0.15, 0.2) is 0 Å². The van der Waals surface area contributed by atoms with Crippen LogP contribution in [-0.4, -0.2) is 29.3 Å². The van der Waals surface area contributed by atoms with Crippen LogP contribution in [0.4, 0.5) is 0 Å². The van der Waals surface area contributed by atoms with Crippen molar-refractivity contribution in [2.24, 2.45) is 5.92 Å². The average molecular weight is 293 g/mol. The van der Waals surface area contributed by atoms with Crippen LogP contribution in [0.15, 0.2) is 30.3 Å². The highest BCUT2D eigenvalue weighted by molar-refractivity contribution is 7.99. The molecule has 2 N–H and O–H groups in total. The van der Waals surface area contributed by atoms with Gasteiger partial charge >= 0.3 is 0 Å². The number of thioether (sulfide) groups is 1. The number of hydrogen-bond acceptors (Lipinski definition) is 3. The zero-order chi connectivity index (χ0) is 14.4. The molecule has 1 fully saturated rings. The first-order valence-corrected chi connectivity index (χ1v) is 8.83. The molecule has 0 saturated heterocycles. The summed E-state index contributed by atoms with van der Waals surface area (Å²) in [5.74, 6) is 2.86. The molecule has 1 aliphatic carbocycles. The van der Waals surface area contributed by atoms with Gasteiger partial charge in [0.05, 0.1) is 12.1 Å². The fourth-order valence-electron chi connectivity index (χ4n) is 2.33. The molecular formula is C17H27NOS. The van der Waals surface area contributed by atoms with Crippen molar-refractivity contribution in [2.45, 2.75) is 44.7 Å². The summed E-state index contributed by atoms with van der Waals surface area (Å²) in [6.07, 6.45) is 3.72. The zero-order valence-electron chi connectivity index (χ0n) is 12.6. The Hall–Kier alpha value is -0.510. The predicted molar refractivity (Wildman–Crippen MR) is 88.1 cm³/mol. The van der Waals surface area contributed by atoms with E-state index in [4.69, 9.17) is 0 Å². The van der Waals surface area contributed by atoms with E-state index in [0.29, 0.717) is 6.04 Å². The molecule has 1 unspecified atom stereocenters. The molecule has 0 aliphatic heterocycles. The highest BCUT2D eigenvalue weighted by Crippen LogP contribution is 2.31. The lowest BCUT2D eigenvalue weighted by Crippen LogP contribution is -2.49. The molecule has 20 heavy (non-hydrogen) atoms. The van der Waals surface area contributed by atoms with Gasteiger partial charge in [-0.05, 0) is 36.5 Å². The third kappa shape index (κ3) is 4.51. The van der Waals surface area contributed by atoms with E-state index < -0.39 is 0 Å². The first kappa shape index (κ1) is 15.9. The maximum atomic E-state index is 10.0. The van der Waals surface area contributed by atoms with E-state index in [1.54, 1.807) is 0 Å². The monoisotopic (exact) mass is 293 g/mol. The first-order valence-electron chi connectivity index (χ1n) is 7.68. The highest BCUT2D eigenvalue weighted by Gasteiger charge is 2.37. The lowest BCUT2D eigenvalue weighted by Gasteiger charge is -2.34. The largest absolute Gasteiger partial charge is 0.394 e. The summed E-state index contributed by atoms with van der Waals surface area (Å²) in [6.45, 7) is 4.70. The maximum absolute atomic E-state index is 10.0. The van der Waals surface area contributed by atoms with E-state index >= 15 is 0 Å². The van der Waals surface area contributed by atoms with E-state index in [9.17, 15) is 5.11 Å². The molecule has 0 amide bonds. The second-order valence-corrected chi connectivity index (χ2v) is 7.37. The van der Waals surface area contributed by atoms with Crippen molar-refractivity contribution >= 4 is 11.8 Å². The minimum absolute atomic E-state index is 0.169. The molecule has 2 rings (SSSR count). The van der Waals surface area contributed by atoms with Crippen molar-refractivity contribution in [3.05, 3.63) is 35.9 Å².